The fourth-order valence-electron chi connectivity index (χ4n) is 3.63. The molecule has 0 bridgehead atoms. The van der Waals surface area contributed by atoms with Crippen molar-refractivity contribution in [3.05, 3.63) is 83.9 Å². The average molecular weight is 497 g/mol. The summed E-state index contributed by atoms with van der Waals surface area (Å²) >= 11 is 0. The molecule has 0 unspecified atom stereocenters. The molecular formula is C26H28N2O6S. The number of amides is 1. The minimum Gasteiger partial charge on any atom is -0.490 e. The summed E-state index contributed by atoms with van der Waals surface area (Å²) in [6.07, 6.45) is 0. The lowest BCUT2D eigenvalue weighted by atomic mass is 10.1. The number of sulfonamides is 1. The fraction of sp³-hybridized carbons (Fsp3) is 0.269. The molecule has 0 atom stereocenters. The van der Waals surface area contributed by atoms with Crippen molar-refractivity contribution >= 4 is 21.6 Å². The van der Waals surface area contributed by atoms with Crippen LogP contribution in [0, 0.1) is 6.92 Å². The van der Waals surface area contributed by atoms with E-state index in [2.05, 4.69) is 5.32 Å². The van der Waals surface area contributed by atoms with E-state index in [4.69, 9.17) is 14.2 Å². The van der Waals surface area contributed by atoms with Gasteiger partial charge in [0.2, 0.25) is 10.0 Å². The van der Waals surface area contributed by atoms with Gasteiger partial charge in [0.25, 0.3) is 5.91 Å². The van der Waals surface area contributed by atoms with Crippen LogP contribution in [0.15, 0.2) is 77.7 Å². The van der Waals surface area contributed by atoms with Gasteiger partial charge in [-0.05, 0) is 48.9 Å². The summed E-state index contributed by atoms with van der Waals surface area (Å²) < 4.78 is 44.2. The molecule has 8 nitrogen and oxygen atoms in total. The topological polar surface area (TPSA) is 94.2 Å². The van der Waals surface area contributed by atoms with Crippen LogP contribution >= 0.6 is 0 Å². The highest BCUT2D eigenvalue weighted by Gasteiger charge is 2.27. The van der Waals surface area contributed by atoms with E-state index in [1.54, 1.807) is 36.4 Å². The van der Waals surface area contributed by atoms with Gasteiger partial charge in [0.05, 0.1) is 23.7 Å². The molecule has 184 valence electrons. The SMILES string of the molecule is Cc1ccc(S(=O)(=O)N2CCOCC2)cc1NC(=O)c1ccccc1OCCOc1ccccc1. The lowest BCUT2D eigenvalue weighted by molar-refractivity contribution is 0.0730. The van der Waals surface area contributed by atoms with E-state index in [9.17, 15) is 13.2 Å². The molecule has 1 saturated heterocycles. The van der Waals surface area contributed by atoms with Crippen LogP contribution in [0.1, 0.15) is 15.9 Å². The first-order chi connectivity index (χ1) is 16.9. The number of para-hydroxylation sites is 2. The van der Waals surface area contributed by atoms with Gasteiger partial charge in [-0.25, -0.2) is 8.42 Å². The number of nitrogens with zero attached hydrogens (tertiary/aromatic N) is 1. The highest BCUT2D eigenvalue weighted by Crippen LogP contribution is 2.26. The van der Waals surface area contributed by atoms with E-state index < -0.39 is 15.9 Å². The Kier molecular flexibility index (Phi) is 8.02. The van der Waals surface area contributed by atoms with E-state index in [-0.39, 0.29) is 11.5 Å². The molecule has 0 radical (unpaired) electrons. The lowest BCUT2D eigenvalue weighted by Crippen LogP contribution is -2.40. The molecule has 1 aliphatic rings. The van der Waals surface area contributed by atoms with Crippen molar-refractivity contribution in [3.63, 3.8) is 0 Å². The Morgan fingerprint density at radius 3 is 2.40 bits per heavy atom. The number of benzene rings is 3. The predicted molar refractivity (Wildman–Crippen MR) is 133 cm³/mol. The van der Waals surface area contributed by atoms with Crippen molar-refractivity contribution in [1.29, 1.82) is 0 Å². The van der Waals surface area contributed by atoms with Gasteiger partial charge in [0.1, 0.15) is 24.7 Å². The van der Waals surface area contributed by atoms with Crippen molar-refractivity contribution in [2.75, 3.05) is 44.8 Å². The molecule has 35 heavy (non-hydrogen) atoms. The smallest absolute Gasteiger partial charge is 0.259 e. The quantitative estimate of drug-likeness (QED) is 0.454. The molecule has 9 heteroatoms. The Morgan fingerprint density at radius 2 is 1.63 bits per heavy atom. The van der Waals surface area contributed by atoms with Gasteiger partial charge in [-0.15, -0.1) is 0 Å². The van der Waals surface area contributed by atoms with Gasteiger partial charge in [0.15, 0.2) is 0 Å². The molecule has 0 aromatic heterocycles. The van der Waals surface area contributed by atoms with Crippen LogP contribution in [0.5, 0.6) is 11.5 Å². The fourth-order valence-corrected chi connectivity index (χ4v) is 5.06. The Bertz CT molecular complexity index is 1260. The van der Waals surface area contributed by atoms with Gasteiger partial charge in [-0.3, -0.25) is 4.79 Å². The number of morpholine rings is 1. The predicted octanol–water partition coefficient (Wildman–Crippen LogP) is 3.73. The molecule has 4 rings (SSSR count). The molecule has 0 spiro atoms. The maximum Gasteiger partial charge on any atom is 0.259 e. The molecule has 1 fully saturated rings. The lowest BCUT2D eigenvalue weighted by Gasteiger charge is -2.26. The van der Waals surface area contributed by atoms with Crippen LogP contribution in [0.3, 0.4) is 0 Å². The monoisotopic (exact) mass is 496 g/mol. The van der Waals surface area contributed by atoms with Crippen LogP contribution in [-0.2, 0) is 14.8 Å². The van der Waals surface area contributed by atoms with E-state index in [1.807, 2.05) is 37.3 Å². The maximum absolute atomic E-state index is 13.1. The molecule has 0 saturated carbocycles. The highest BCUT2D eigenvalue weighted by molar-refractivity contribution is 7.89. The number of aryl methyl sites for hydroxylation is 1. The third-order valence-corrected chi connectivity index (χ3v) is 7.44. The number of rotatable bonds is 9. The molecule has 1 N–H and O–H groups in total. The molecule has 3 aromatic carbocycles. The number of carbonyl (C=O) groups excluding carboxylic acids is 1. The standard InChI is InChI=1S/C26H28N2O6S/c1-20-11-12-22(35(30,31)28-13-15-32-16-14-28)19-24(20)27-26(29)23-9-5-6-10-25(23)34-18-17-33-21-7-3-2-4-8-21/h2-12,19H,13-18H2,1H3,(H,27,29). The van der Waals surface area contributed by atoms with Crippen LogP contribution in [-0.4, -0.2) is 58.1 Å². The number of ether oxygens (including phenoxy) is 3. The van der Waals surface area contributed by atoms with Gasteiger partial charge < -0.3 is 19.5 Å². The van der Waals surface area contributed by atoms with E-state index >= 15 is 0 Å². The van der Waals surface area contributed by atoms with Crippen LogP contribution < -0.4 is 14.8 Å². The zero-order valence-electron chi connectivity index (χ0n) is 19.5. The summed E-state index contributed by atoms with van der Waals surface area (Å²) in [7, 11) is -3.68. The van der Waals surface area contributed by atoms with E-state index in [1.165, 1.54) is 10.4 Å². The number of anilines is 1. The first kappa shape index (κ1) is 24.7. The van der Waals surface area contributed by atoms with Crippen molar-refractivity contribution in [2.45, 2.75) is 11.8 Å². The first-order valence-electron chi connectivity index (χ1n) is 11.3. The Hall–Kier alpha value is -3.40. The first-order valence-corrected chi connectivity index (χ1v) is 12.8. The van der Waals surface area contributed by atoms with Crippen LogP contribution in [0.4, 0.5) is 5.69 Å². The maximum atomic E-state index is 13.1. The number of nitrogens with one attached hydrogen (secondary N) is 1. The molecule has 0 aliphatic carbocycles. The minimum absolute atomic E-state index is 0.128. The van der Waals surface area contributed by atoms with Crippen LogP contribution in [0.25, 0.3) is 0 Å². The van der Waals surface area contributed by atoms with Gasteiger partial charge in [-0.2, -0.15) is 4.31 Å². The largest absolute Gasteiger partial charge is 0.490 e. The summed E-state index contributed by atoms with van der Waals surface area (Å²) in [5.74, 6) is 0.759. The second-order valence-electron chi connectivity index (χ2n) is 7.95. The summed E-state index contributed by atoms with van der Waals surface area (Å²) in [4.78, 5) is 13.2. The third-order valence-electron chi connectivity index (χ3n) is 5.55. The Morgan fingerprint density at radius 1 is 0.943 bits per heavy atom. The van der Waals surface area contributed by atoms with E-state index in [0.717, 1.165) is 11.3 Å². The van der Waals surface area contributed by atoms with Crippen molar-refractivity contribution in [2.24, 2.45) is 0 Å². The summed E-state index contributed by atoms with van der Waals surface area (Å²) in [5.41, 5.74) is 1.51. The molecule has 1 heterocycles. The molecule has 1 amide bonds. The van der Waals surface area contributed by atoms with Gasteiger partial charge >= 0.3 is 0 Å². The molecule has 1 aliphatic heterocycles. The Balaban J connectivity index is 1.44. The molecular weight excluding hydrogens is 468 g/mol. The third kappa shape index (κ3) is 6.19. The number of hydrogen-bond donors (Lipinski definition) is 1. The van der Waals surface area contributed by atoms with E-state index in [0.29, 0.717) is 49.9 Å². The van der Waals surface area contributed by atoms with Crippen molar-refractivity contribution in [1.82, 2.24) is 4.31 Å². The average Bonchev–Trinajstić information content (AvgIpc) is 2.89. The zero-order valence-corrected chi connectivity index (χ0v) is 20.3. The normalized spacial score (nSPS) is 14.3. The minimum atomic E-state index is -3.68. The summed E-state index contributed by atoms with van der Waals surface area (Å²) in [5, 5.41) is 2.84. The molecule has 3 aromatic rings. The Labute approximate surface area is 205 Å². The second-order valence-corrected chi connectivity index (χ2v) is 9.89. The van der Waals surface area contributed by atoms with Crippen molar-refractivity contribution in [3.8, 4) is 11.5 Å². The van der Waals surface area contributed by atoms with Gasteiger partial charge in [-0.1, -0.05) is 36.4 Å². The summed E-state index contributed by atoms with van der Waals surface area (Å²) in [6, 6.07) is 21.0. The zero-order chi connectivity index (χ0) is 24.7. The second kappa shape index (κ2) is 11.4. The number of hydrogen-bond acceptors (Lipinski definition) is 6. The summed E-state index contributed by atoms with van der Waals surface area (Å²) in [6.45, 7) is 3.72. The van der Waals surface area contributed by atoms with Crippen molar-refractivity contribution < 1.29 is 27.4 Å². The van der Waals surface area contributed by atoms with Crippen LogP contribution in [0.2, 0.25) is 0 Å². The van der Waals surface area contributed by atoms with Gasteiger partial charge in [0, 0.05) is 18.8 Å². The highest BCUT2D eigenvalue weighted by atomic mass is 32.2. The number of carbonyl (C=O) groups is 1.